The fraction of sp³-hybridized carbons (Fsp3) is 0.429. The number of hydrogen-bond donors (Lipinski definition) is 3. The van der Waals surface area contributed by atoms with Crippen LogP contribution in [-0.4, -0.2) is 24.9 Å². The van der Waals surface area contributed by atoms with Crippen LogP contribution in [0, 0.1) is 5.92 Å². The van der Waals surface area contributed by atoms with Crippen LogP contribution in [0.5, 0.6) is 0 Å². The fourth-order valence-corrected chi connectivity index (χ4v) is 1.78. The zero-order valence-electron chi connectivity index (χ0n) is 11.9. The van der Waals surface area contributed by atoms with Crippen molar-refractivity contribution < 1.29 is 9.59 Å². The highest BCUT2D eigenvalue weighted by Crippen LogP contribution is 2.20. The minimum Gasteiger partial charge on any atom is -0.355 e. The average molecular weight is 298 g/mol. The van der Waals surface area contributed by atoms with Crippen LogP contribution >= 0.6 is 11.6 Å². The summed E-state index contributed by atoms with van der Waals surface area (Å²) >= 11 is 5.94. The topological polar surface area (TPSA) is 84.2 Å². The number of carbonyl (C=O) groups is 2. The molecule has 1 rings (SSSR count). The van der Waals surface area contributed by atoms with Crippen molar-refractivity contribution in [1.82, 2.24) is 5.32 Å². The van der Waals surface area contributed by atoms with Crippen LogP contribution in [0.3, 0.4) is 0 Å². The van der Waals surface area contributed by atoms with Crippen molar-refractivity contribution in [1.29, 1.82) is 0 Å². The highest BCUT2D eigenvalue weighted by atomic mass is 35.5. The van der Waals surface area contributed by atoms with Gasteiger partial charge in [0.05, 0.1) is 10.6 Å². The number of rotatable bonds is 5. The van der Waals surface area contributed by atoms with E-state index >= 15 is 0 Å². The Morgan fingerprint density at radius 1 is 1.35 bits per heavy atom. The third kappa shape index (κ3) is 4.51. The van der Waals surface area contributed by atoms with Gasteiger partial charge in [-0.2, -0.15) is 0 Å². The van der Waals surface area contributed by atoms with Gasteiger partial charge in [0.2, 0.25) is 5.91 Å². The minimum atomic E-state index is -0.301. The maximum atomic E-state index is 11.8. The summed E-state index contributed by atoms with van der Waals surface area (Å²) < 4.78 is 0. The normalized spacial score (nSPS) is 12.1. The van der Waals surface area contributed by atoms with E-state index in [1.54, 1.807) is 18.2 Å². The predicted octanol–water partition coefficient (Wildman–Crippen LogP) is 2.01. The van der Waals surface area contributed by atoms with Crippen molar-refractivity contribution in [2.75, 3.05) is 12.4 Å². The van der Waals surface area contributed by atoms with Gasteiger partial charge >= 0.3 is 0 Å². The molecule has 20 heavy (non-hydrogen) atoms. The lowest BCUT2D eigenvalue weighted by Crippen LogP contribution is -2.31. The van der Waals surface area contributed by atoms with Gasteiger partial charge in [0.15, 0.2) is 0 Å². The molecule has 0 saturated carbocycles. The average Bonchev–Trinajstić information content (AvgIpc) is 2.39. The Labute approximate surface area is 123 Å². The summed E-state index contributed by atoms with van der Waals surface area (Å²) in [6, 6.07) is 4.57. The summed E-state index contributed by atoms with van der Waals surface area (Å²) in [7, 11) is 1.52. The van der Waals surface area contributed by atoms with E-state index in [2.05, 4.69) is 10.6 Å². The fourth-order valence-electron chi connectivity index (χ4n) is 1.57. The largest absolute Gasteiger partial charge is 0.355 e. The predicted molar refractivity (Wildman–Crippen MR) is 80.9 cm³/mol. The lowest BCUT2D eigenvalue weighted by Gasteiger charge is -2.15. The second kappa shape index (κ2) is 7.26. The number of carbonyl (C=O) groups excluding carboxylic acids is 2. The molecule has 1 aromatic carbocycles. The van der Waals surface area contributed by atoms with Crippen molar-refractivity contribution in [3.05, 3.63) is 28.8 Å². The van der Waals surface area contributed by atoms with Gasteiger partial charge in [-0.15, -0.1) is 0 Å². The van der Waals surface area contributed by atoms with E-state index in [0.717, 1.165) is 0 Å². The molecule has 0 heterocycles. The molecule has 2 amide bonds. The Morgan fingerprint density at radius 3 is 2.55 bits per heavy atom. The van der Waals surface area contributed by atoms with Crippen LogP contribution < -0.4 is 16.4 Å². The van der Waals surface area contributed by atoms with E-state index in [1.165, 1.54) is 7.05 Å². The molecule has 0 aliphatic rings. The molecule has 0 aliphatic heterocycles. The molecule has 0 aromatic heterocycles. The standard InChI is InChI=1S/C14H20ClN3O2/c1-8(2)12(16)7-13(19)18-9-4-5-11(15)10(6-9)14(20)17-3/h4-6,8,12H,7,16H2,1-3H3,(H,17,20)(H,18,19). The van der Waals surface area contributed by atoms with Gasteiger partial charge in [-0.3, -0.25) is 9.59 Å². The molecule has 0 spiro atoms. The number of benzene rings is 1. The second-order valence-corrected chi connectivity index (χ2v) is 5.34. The molecule has 110 valence electrons. The number of nitrogens with two attached hydrogens (primary N) is 1. The molecule has 6 heteroatoms. The zero-order chi connectivity index (χ0) is 15.3. The van der Waals surface area contributed by atoms with Crippen LogP contribution in [-0.2, 0) is 4.79 Å². The first-order valence-corrected chi connectivity index (χ1v) is 6.80. The maximum Gasteiger partial charge on any atom is 0.252 e. The minimum absolute atomic E-state index is 0.184. The van der Waals surface area contributed by atoms with E-state index < -0.39 is 0 Å². The number of anilines is 1. The van der Waals surface area contributed by atoms with Gasteiger partial charge in [-0.1, -0.05) is 25.4 Å². The molecule has 0 saturated heterocycles. The van der Waals surface area contributed by atoms with Gasteiger partial charge in [0.25, 0.3) is 5.91 Å². The number of hydrogen-bond acceptors (Lipinski definition) is 3. The van der Waals surface area contributed by atoms with Gasteiger partial charge < -0.3 is 16.4 Å². The summed E-state index contributed by atoms with van der Waals surface area (Å²) in [6.07, 6.45) is 0.232. The highest BCUT2D eigenvalue weighted by Gasteiger charge is 2.14. The third-order valence-electron chi connectivity index (χ3n) is 3.00. The van der Waals surface area contributed by atoms with Crippen molar-refractivity contribution in [3.8, 4) is 0 Å². The SMILES string of the molecule is CNC(=O)c1cc(NC(=O)CC(N)C(C)C)ccc1Cl. The van der Waals surface area contributed by atoms with Crippen LogP contribution in [0.4, 0.5) is 5.69 Å². The Kier molecular flexibility index (Phi) is 5.98. The maximum absolute atomic E-state index is 11.8. The molecule has 5 nitrogen and oxygen atoms in total. The molecule has 4 N–H and O–H groups in total. The first-order valence-electron chi connectivity index (χ1n) is 6.42. The van der Waals surface area contributed by atoms with Crippen molar-refractivity contribution in [3.63, 3.8) is 0 Å². The van der Waals surface area contributed by atoms with E-state index in [0.29, 0.717) is 16.3 Å². The Morgan fingerprint density at radius 2 is 2.00 bits per heavy atom. The van der Waals surface area contributed by atoms with Gasteiger partial charge in [-0.25, -0.2) is 0 Å². The van der Waals surface area contributed by atoms with Crippen LogP contribution in [0.15, 0.2) is 18.2 Å². The number of halogens is 1. The van der Waals surface area contributed by atoms with E-state index in [4.69, 9.17) is 17.3 Å². The van der Waals surface area contributed by atoms with Crippen molar-refractivity contribution in [2.24, 2.45) is 11.7 Å². The van der Waals surface area contributed by atoms with Crippen molar-refractivity contribution in [2.45, 2.75) is 26.3 Å². The number of amides is 2. The summed E-state index contributed by atoms with van der Waals surface area (Å²) in [5, 5.41) is 5.54. The summed E-state index contributed by atoms with van der Waals surface area (Å²) in [6.45, 7) is 3.92. The van der Waals surface area contributed by atoms with Gasteiger partial charge in [-0.05, 0) is 24.1 Å². The van der Waals surface area contributed by atoms with Crippen LogP contribution in [0.2, 0.25) is 5.02 Å². The molecular formula is C14H20ClN3O2. The van der Waals surface area contributed by atoms with Crippen molar-refractivity contribution >= 4 is 29.1 Å². The molecule has 0 fully saturated rings. The van der Waals surface area contributed by atoms with Gasteiger partial charge in [0.1, 0.15) is 0 Å². The first kappa shape index (κ1) is 16.5. The molecule has 0 radical (unpaired) electrons. The molecule has 0 aliphatic carbocycles. The molecule has 1 unspecified atom stereocenters. The molecule has 0 bridgehead atoms. The van der Waals surface area contributed by atoms with Crippen LogP contribution in [0.1, 0.15) is 30.6 Å². The van der Waals surface area contributed by atoms with Crippen LogP contribution in [0.25, 0.3) is 0 Å². The Hall–Kier alpha value is -1.59. The van der Waals surface area contributed by atoms with E-state index in [9.17, 15) is 9.59 Å². The summed E-state index contributed by atoms with van der Waals surface area (Å²) in [4.78, 5) is 23.4. The quantitative estimate of drug-likeness (QED) is 0.777. The molecule has 1 atom stereocenters. The lowest BCUT2D eigenvalue weighted by atomic mass is 10.0. The zero-order valence-corrected chi connectivity index (χ0v) is 12.6. The Bertz CT molecular complexity index is 503. The summed E-state index contributed by atoms with van der Waals surface area (Å²) in [5.74, 6) is -0.256. The van der Waals surface area contributed by atoms with Gasteiger partial charge in [0, 0.05) is 25.2 Å². The summed E-state index contributed by atoms with van der Waals surface area (Å²) in [5.41, 5.74) is 6.69. The second-order valence-electron chi connectivity index (χ2n) is 4.93. The highest BCUT2D eigenvalue weighted by molar-refractivity contribution is 6.34. The molecule has 1 aromatic rings. The first-order chi connectivity index (χ1) is 9.35. The smallest absolute Gasteiger partial charge is 0.252 e. The number of nitrogens with one attached hydrogen (secondary N) is 2. The third-order valence-corrected chi connectivity index (χ3v) is 3.33. The van der Waals surface area contributed by atoms with E-state index in [-0.39, 0.29) is 30.2 Å². The Balaban J connectivity index is 2.78. The molecular weight excluding hydrogens is 278 g/mol. The lowest BCUT2D eigenvalue weighted by molar-refractivity contribution is -0.116. The monoisotopic (exact) mass is 297 g/mol. The van der Waals surface area contributed by atoms with E-state index in [1.807, 2.05) is 13.8 Å².